The van der Waals surface area contributed by atoms with E-state index in [0.717, 1.165) is 23.9 Å². The van der Waals surface area contributed by atoms with Crippen LogP contribution in [0.25, 0.3) is 0 Å². The normalized spacial score (nSPS) is 10.9. The lowest BCUT2D eigenvalue weighted by Crippen LogP contribution is -2.11. The Labute approximate surface area is 122 Å². The maximum Gasteiger partial charge on any atom is 0.171 e. The van der Waals surface area contributed by atoms with Gasteiger partial charge >= 0.3 is 0 Å². The maximum atomic E-state index is 13.8. The van der Waals surface area contributed by atoms with Crippen molar-refractivity contribution in [2.75, 3.05) is 0 Å². The number of benzene rings is 1. The predicted molar refractivity (Wildman–Crippen MR) is 76.4 cm³/mol. The van der Waals surface area contributed by atoms with Gasteiger partial charge in [0.05, 0.1) is 17.7 Å². The van der Waals surface area contributed by atoms with Crippen LogP contribution in [0.2, 0.25) is 0 Å². The molecule has 1 heterocycles. The molecule has 2 rings (SSSR count). The Morgan fingerprint density at radius 2 is 1.90 bits per heavy atom. The van der Waals surface area contributed by atoms with Gasteiger partial charge in [-0.15, -0.1) is 0 Å². The van der Waals surface area contributed by atoms with Gasteiger partial charge in [0.2, 0.25) is 0 Å². The number of Topliss-reactive ketones (excluding diaryl/α,β-unsaturated/α-hetero) is 1. The monoisotopic (exact) mass is 292 g/mol. The van der Waals surface area contributed by atoms with E-state index in [9.17, 15) is 13.6 Å². The minimum atomic E-state index is -0.818. The van der Waals surface area contributed by atoms with E-state index in [1.165, 1.54) is 13.0 Å². The predicted octanol–water partition coefficient (Wildman–Crippen LogP) is 3.48. The fourth-order valence-corrected chi connectivity index (χ4v) is 2.23. The number of carbonyl (C=O) groups excluding carboxylic acids is 1. The summed E-state index contributed by atoms with van der Waals surface area (Å²) in [5, 5.41) is 4.36. The molecule has 0 fully saturated rings. The molecule has 5 heteroatoms. The van der Waals surface area contributed by atoms with Crippen LogP contribution >= 0.6 is 0 Å². The average molecular weight is 292 g/mol. The van der Waals surface area contributed by atoms with Gasteiger partial charge in [-0.1, -0.05) is 6.92 Å². The number of aromatic nitrogens is 2. The maximum absolute atomic E-state index is 13.8. The van der Waals surface area contributed by atoms with Gasteiger partial charge < -0.3 is 0 Å². The van der Waals surface area contributed by atoms with Crippen molar-refractivity contribution in [3.8, 4) is 0 Å². The molecule has 2 aromatic rings. The number of aryl methyl sites for hydroxylation is 3. The first-order chi connectivity index (χ1) is 9.96. The molecule has 3 nitrogen and oxygen atoms in total. The molecule has 0 aliphatic rings. The average Bonchev–Trinajstić information content (AvgIpc) is 2.84. The van der Waals surface area contributed by atoms with Crippen LogP contribution in [0.5, 0.6) is 0 Å². The molecule has 0 radical (unpaired) electrons. The zero-order valence-electron chi connectivity index (χ0n) is 12.4. The fraction of sp³-hybridized carbons (Fsp3) is 0.375. The molecule has 1 aromatic heterocycles. The van der Waals surface area contributed by atoms with E-state index < -0.39 is 11.6 Å². The first-order valence-corrected chi connectivity index (χ1v) is 7.00. The zero-order chi connectivity index (χ0) is 15.6. The molecule has 21 heavy (non-hydrogen) atoms. The summed E-state index contributed by atoms with van der Waals surface area (Å²) < 4.78 is 28.7. The van der Waals surface area contributed by atoms with Crippen molar-refractivity contribution in [2.24, 2.45) is 0 Å². The third-order valence-corrected chi connectivity index (χ3v) is 3.47. The van der Waals surface area contributed by atoms with E-state index in [0.29, 0.717) is 6.54 Å². The molecular formula is C16H18F2N2O. The second-order valence-corrected chi connectivity index (χ2v) is 4.98. The van der Waals surface area contributed by atoms with Gasteiger partial charge in [-0.05, 0) is 38.0 Å². The number of rotatable bonds is 5. The van der Waals surface area contributed by atoms with E-state index in [1.54, 1.807) is 4.68 Å². The molecule has 0 amide bonds. The van der Waals surface area contributed by atoms with E-state index >= 15 is 0 Å². The van der Waals surface area contributed by atoms with Crippen molar-refractivity contribution >= 4 is 5.78 Å². The van der Waals surface area contributed by atoms with Gasteiger partial charge in [-0.3, -0.25) is 9.48 Å². The standard InChI is InChI=1S/C16H18F2N2O/c1-4-11-7-12(20(5-2)19-11)8-16(21)13-6-10(3)14(17)9-15(13)18/h6-7,9H,4-5,8H2,1-3H3. The Hall–Kier alpha value is -2.04. The van der Waals surface area contributed by atoms with Crippen molar-refractivity contribution < 1.29 is 13.6 Å². The third-order valence-electron chi connectivity index (χ3n) is 3.47. The largest absolute Gasteiger partial charge is 0.294 e. The quantitative estimate of drug-likeness (QED) is 0.791. The molecular weight excluding hydrogens is 274 g/mol. The number of halogens is 2. The van der Waals surface area contributed by atoms with Crippen LogP contribution in [0.3, 0.4) is 0 Å². The Kier molecular flexibility index (Phi) is 4.50. The second-order valence-electron chi connectivity index (χ2n) is 4.98. The first kappa shape index (κ1) is 15.4. The Morgan fingerprint density at radius 3 is 2.52 bits per heavy atom. The van der Waals surface area contributed by atoms with Crippen LogP contribution in [-0.2, 0) is 19.4 Å². The number of ketones is 1. The highest BCUT2D eigenvalue weighted by molar-refractivity contribution is 5.97. The number of hydrogen-bond acceptors (Lipinski definition) is 2. The molecule has 0 N–H and O–H groups in total. The zero-order valence-corrected chi connectivity index (χ0v) is 12.4. The summed E-state index contributed by atoms with van der Waals surface area (Å²) in [5.41, 5.74) is 1.84. The Morgan fingerprint density at radius 1 is 1.19 bits per heavy atom. The summed E-state index contributed by atoms with van der Waals surface area (Å²) >= 11 is 0. The number of hydrogen-bond donors (Lipinski definition) is 0. The molecule has 112 valence electrons. The smallest absolute Gasteiger partial charge is 0.171 e. The fourth-order valence-electron chi connectivity index (χ4n) is 2.23. The van der Waals surface area contributed by atoms with Crippen LogP contribution in [0, 0.1) is 18.6 Å². The van der Waals surface area contributed by atoms with Crippen LogP contribution < -0.4 is 0 Å². The lowest BCUT2D eigenvalue weighted by Gasteiger charge is -2.06. The topological polar surface area (TPSA) is 34.9 Å². The van der Waals surface area contributed by atoms with Crippen molar-refractivity contribution in [3.63, 3.8) is 0 Å². The summed E-state index contributed by atoms with van der Waals surface area (Å²) in [6, 6.07) is 3.88. The minimum Gasteiger partial charge on any atom is -0.294 e. The van der Waals surface area contributed by atoms with Gasteiger partial charge in [-0.25, -0.2) is 8.78 Å². The number of nitrogens with zero attached hydrogens (tertiary/aromatic N) is 2. The first-order valence-electron chi connectivity index (χ1n) is 7.00. The lowest BCUT2D eigenvalue weighted by atomic mass is 10.0. The highest BCUT2D eigenvalue weighted by Crippen LogP contribution is 2.17. The molecule has 0 aliphatic heterocycles. The highest BCUT2D eigenvalue weighted by Gasteiger charge is 2.17. The van der Waals surface area contributed by atoms with Gasteiger partial charge in [0.25, 0.3) is 0 Å². The van der Waals surface area contributed by atoms with Crippen LogP contribution in [0.1, 0.15) is 41.2 Å². The van der Waals surface area contributed by atoms with Crippen molar-refractivity contribution in [1.82, 2.24) is 9.78 Å². The SMILES string of the molecule is CCc1cc(CC(=O)c2cc(C)c(F)cc2F)n(CC)n1. The van der Waals surface area contributed by atoms with E-state index in [-0.39, 0.29) is 23.3 Å². The van der Waals surface area contributed by atoms with Crippen LogP contribution in [0.4, 0.5) is 8.78 Å². The van der Waals surface area contributed by atoms with Crippen molar-refractivity contribution in [3.05, 3.63) is 52.3 Å². The summed E-state index contributed by atoms with van der Waals surface area (Å²) in [6.07, 6.45) is 0.834. The highest BCUT2D eigenvalue weighted by atomic mass is 19.1. The number of carbonyl (C=O) groups is 1. The molecule has 0 saturated carbocycles. The molecule has 0 atom stereocenters. The van der Waals surface area contributed by atoms with Crippen molar-refractivity contribution in [1.29, 1.82) is 0 Å². The molecule has 0 spiro atoms. The summed E-state index contributed by atoms with van der Waals surface area (Å²) in [5.74, 6) is -1.83. The summed E-state index contributed by atoms with van der Waals surface area (Å²) in [4.78, 5) is 12.3. The van der Waals surface area contributed by atoms with E-state index in [4.69, 9.17) is 0 Å². The Bertz CT molecular complexity index is 677. The molecule has 1 aromatic carbocycles. The van der Waals surface area contributed by atoms with Gasteiger partial charge in [0.15, 0.2) is 5.78 Å². The molecule has 0 unspecified atom stereocenters. The van der Waals surface area contributed by atoms with Crippen molar-refractivity contribution in [2.45, 2.75) is 40.2 Å². The van der Waals surface area contributed by atoms with Gasteiger partial charge in [-0.2, -0.15) is 5.10 Å². The lowest BCUT2D eigenvalue weighted by molar-refractivity contribution is 0.0986. The Balaban J connectivity index is 2.30. The van der Waals surface area contributed by atoms with Crippen LogP contribution in [-0.4, -0.2) is 15.6 Å². The molecule has 0 saturated heterocycles. The molecule has 0 bridgehead atoms. The minimum absolute atomic E-state index is 0.0584. The van der Waals surface area contributed by atoms with Crippen LogP contribution in [0.15, 0.2) is 18.2 Å². The molecule has 0 aliphatic carbocycles. The summed E-state index contributed by atoms with van der Waals surface area (Å²) in [6.45, 7) is 6.07. The van der Waals surface area contributed by atoms with Gasteiger partial charge in [0.1, 0.15) is 11.6 Å². The van der Waals surface area contributed by atoms with Gasteiger partial charge in [0, 0.05) is 18.3 Å². The second kappa shape index (κ2) is 6.16. The summed E-state index contributed by atoms with van der Waals surface area (Å²) in [7, 11) is 0. The van der Waals surface area contributed by atoms with E-state index in [1.807, 2.05) is 19.9 Å². The third kappa shape index (κ3) is 3.17. The van der Waals surface area contributed by atoms with E-state index in [2.05, 4.69) is 5.10 Å².